The van der Waals surface area contributed by atoms with Gasteiger partial charge in [-0.2, -0.15) is 0 Å². The van der Waals surface area contributed by atoms with Crippen LogP contribution >= 0.6 is 0 Å². The molecule has 0 amide bonds. The van der Waals surface area contributed by atoms with Crippen LogP contribution < -0.4 is 10.5 Å². The van der Waals surface area contributed by atoms with Gasteiger partial charge in [-0.25, -0.2) is 0 Å². The van der Waals surface area contributed by atoms with Gasteiger partial charge in [0.25, 0.3) is 0 Å². The number of hydrogen-bond acceptors (Lipinski definition) is 4. The van der Waals surface area contributed by atoms with E-state index in [1.165, 1.54) is 32.1 Å². The van der Waals surface area contributed by atoms with E-state index in [2.05, 4.69) is 6.92 Å². The van der Waals surface area contributed by atoms with E-state index in [0.29, 0.717) is 24.7 Å². The number of anilines is 1. The number of nitrogens with two attached hydrogens (primary N) is 1. The fourth-order valence-electron chi connectivity index (χ4n) is 2.05. The number of unbranched alkanes of at least 4 members (excludes halogenated alkanes) is 5. The van der Waals surface area contributed by atoms with Crippen LogP contribution in [0.1, 0.15) is 45.4 Å². The Balaban J connectivity index is 1.97. The van der Waals surface area contributed by atoms with Gasteiger partial charge in [-0.1, -0.05) is 45.1 Å². The second kappa shape index (κ2) is 11.4. The summed E-state index contributed by atoms with van der Waals surface area (Å²) in [7, 11) is 0. The second-order valence-electron chi connectivity index (χ2n) is 5.38. The van der Waals surface area contributed by atoms with Crippen LogP contribution in [0.25, 0.3) is 0 Å². The maximum absolute atomic E-state index is 9.77. The average Bonchev–Trinajstić information content (AvgIpc) is 2.48. The highest BCUT2D eigenvalue weighted by atomic mass is 16.5. The predicted molar refractivity (Wildman–Crippen MR) is 86.6 cm³/mol. The first-order valence-electron chi connectivity index (χ1n) is 7.96. The molecule has 0 bridgehead atoms. The molecule has 0 aromatic heterocycles. The lowest BCUT2D eigenvalue weighted by molar-refractivity contribution is 0.0110. The van der Waals surface area contributed by atoms with Crippen molar-refractivity contribution in [2.24, 2.45) is 0 Å². The van der Waals surface area contributed by atoms with Gasteiger partial charge in [-0.05, 0) is 18.6 Å². The third-order valence-corrected chi connectivity index (χ3v) is 3.25. The van der Waals surface area contributed by atoms with Gasteiger partial charge in [0.15, 0.2) is 0 Å². The molecule has 4 nitrogen and oxygen atoms in total. The van der Waals surface area contributed by atoms with Crippen LogP contribution in [0.5, 0.6) is 5.75 Å². The van der Waals surface area contributed by atoms with Crippen LogP contribution in [0.3, 0.4) is 0 Å². The summed E-state index contributed by atoms with van der Waals surface area (Å²) in [6.45, 7) is 3.47. The Bertz CT molecular complexity index is 371. The van der Waals surface area contributed by atoms with E-state index in [0.717, 1.165) is 6.42 Å². The Morgan fingerprint density at radius 2 is 1.86 bits per heavy atom. The van der Waals surface area contributed by atoms with Crippen molar-refractivity contribution in [1.82, 2.24) is 0 Å². The molecule has 0 saturated heterocycles. The highest BCUT2D eigenvalue weighted by molar-refractivity contribution is 5.43. The molecule has 1 atom stereocenters. The van der Waals surface area contributed by atoms with Crippen molar-refractivity contribution in [2.75, 3.05) is 25.6 Å². The summed E-state index contributed by atoms with van der Waals surface area (Å²) in [6.07, 6.45) is 6.84. The van der Waals surface area contributed by atoms with E-state index < -0.39 is 6.10 Å². The van der Waals surface area contributed by atoms with Crippen LogP contribution in [0.15, 0.2) is 24.3 Å². The van der Waals surface area contributed by atoms with E-state index in [1.54, 1.807) is 12.1 Å². The van der Waals surface area contributed by atoms with Gasteiger partial charge < -0.3 is 20.3 Å². The summed E-state index contributed by atoms with van der Waals surface area (Å²) >= 11 is 0. The molecule has 0 aliphatic heterocycles. The van der Waals surface area contributed by atoms with Gasteiger partial charge in [-0.3, -0.25) is 0 Å². The topological polar surface area (TPSA) is 64.7 Å². The van der Waals surface area contributed by atoms with Gasteiger partial charge in [0.1, 0.15) is 18.5 Å². The maximum Gasteiger partial charge on any atom is 0.121 e. The SMILES string of the molecule is CCCCCCCCOCC(O)COc1cccc(N)c1. The average molecular weight is 295 g/mol. The van der Waals surface area contributed by atoms with Gasteiger partial charge in [0, 0.05) is 18.4 Å². The Kier molecular flexibility index (Phi) is 9.66. The number of benzene rings is 1. The summed E-state index contributed by atoms with van der Waals surface area (Å²) in [5, 5.41) is 9.77. The lowest BCUT2D eigenvalue weighted by atomic mass is 10.1. The molecular weight excluding hydrogens is 266 g/mol. The molecule has 0 heterocycles. The maximum atomic E-state index is 9.77. The fraction of sp³-hybridized carbons (Fsp3) is 0.647. The minimum absolute atomic E-state index is 0.222. The second-order valence-corrected chi connectivity index (χ2v) is 5.38. The van der Waals surface area contributed by atoms with Crippen molar-refractivity contribution in [3.63, 3.8) is 0 Å². The molecule has 0 aliphatic rings. The zero-order chi connectivity index (χ0) is 15.3. The number of aliphatic hydroxyl groups is 1. The lowest BCUT2D eigenvalue weighted by Crippen LogP contribution is -2.23. The molecule has 21 heavy (non-hydrogen) atoms. The molecule has 1 rings (SSSR count). The number of hydrogen-bond donors (Lipinski definition) is 2. The molecule has 1 unspecified atom stereocenters. The zero-order valence-corrected chi connectivity index (χ0v) is 13.1. The highest BCUT2D eigenvalue weighted by Crippen LogP contribution is 2.14. The largest absolute Gasteiger partial charge is 0.491 e. The smallest absolute Gasteiger partial charge is 0.121 e. The van der Waals surface area contributed by atoms with Crippen LogP contribution in [0, 0.1) is 0 Å². The van der Waals surface area contributed by atoms with Crippen LogP contribution in [-0.2, 0) is 4.74 Å². The van der Waals surface area contributed by atoms with Crippen LogP contribution in [-0.4, -0.2) is 31.0 Å². The van der Waals surface area contributed by atoms with Crippen molar-refractivity contribution in [3.05, 3.63) is 24.3 Å². The third kappa shape index (κ3) is 9.32. The normalized spacial score (nSPS) is 12.3. The fourth-order valence-corrected chi connectivity index (χ4v) is 2.05. The van der Waals surface area contributed by atoms with Crippen molar-refractivity contribution < 1.29 is 14.6 Å². The first-order valence-corrected chi connectivity index (χ1v) is 7.96. The monoisotopic (exact) mass is 295 g/mol. The zero-order valence-electron chi connectivity index (χ0n) is 13.1. The number of ether oxygens (including phenoxy) is 2. The molecule has 0 spiro atoms. The molecule has 0 saturated carbocycles. The molecule has 120 valence electrons. The Morgan fingerprint density at radius 1 is 1.10 bits per heavy atom. The first-order chi connectivity index (χ1) is 10.2. The first kappa shape index (κ1) is 17.8. The van der Waals surface area contributed by atoms with Gasteiger partial charge in [-0.15, -0.1) is 0 Å². The van der Waals surface area contributed by atoms with E-state index in [1.807, 2.05) is 12.1 Å². The Morgan fingerprint density at radius 3 is 2.62 bits per heavy atom. The molecule has 1 aromatic carbocycles. The Hall–Kier alpha value is -1.26. The summed E-state index contributed by atoms with van der Waals surface area (Å²) in [5.74, 6) is 0.671. The molecule has 0 aliphatic carbocycles. The lowest BCUT2D eigenvalue weighted by Gasteiger charge is -2.13. The van der Waals surface area contributed by atoms with Crippen molar-refractivity contribution >= 4 is 5.69 Å². The number of nitrogen functional groups attached to an aromatic ring is 1. The van der Waals surface area contributed by atoms with Crippen molar-refractivity contribution in [2.45, 2.75) is 51.6 Å². The Labute approximate surface area is 128 Å². The quantitative estimate of drug-likeness (QED) is 0.458. The van der Waals surface area contributed by atoms with E-state index in [9.17, 15) is 5.11 Å². The van der Waals surface area contributed by atoms with Crippen molar-refractivity contribution in [1.29, 1.82) is 0 Å². The van der Waals surface area contributed by atoms with Crippen LogP contribution in [0.2, 0.25) is 0 Å². The standard InChI is InChI=1S/C17H29NO3/c1-2-3-4-5-6-7-11-20-13-16(19)14-21-17-10-8-9-15(18)12-17/h8-10,12,16,19H,2-7,11,13-14,18H2,1H3. The number of rotatable bonds is 12. The summed E-state index contributed by atoms with van der Waals surface area (Å²) in [5.41, 5.74) is 6.31. The third-order valence-electron chi connectivity index (χ3n) is 3.25. The molecule has 4 heteroatoms. The molecule has 3 N–H and O–H groups in total. The molecule has 1 aromatic rings. The molecule has 0 radical (unpaired) electrons. The van der Waals surface area contributed by atoms with Crippen LogP contribution in [0.4, 0.5) is 5.69 Å². The van der Waals surface area contributed by atoms with E-state index in [-0.39, 0.29) is 6.61 Å². The highest BCUT2D eigenvalue weighted by Gasteiger charge is 2.05. The summed E-state index contributed by atoms with van der Waals surface area (Å²) in [4.78, 5) is 0. The molecular formula is C17H29NO3. The summed E-state index contributed by atoms with van der Waals surface area (Å²) < 4.78 is 10.9. The van der Waals surface area contributed by atoms with Crippen molar-refractivity contribution in [3.8, 4) is 5.75 Å². The van der Waals surface area contributed by atoms with Gasteiger partial charge in [0.05, 0.1) is 6.61 Å². The molecule has 0 fully saturated rings. The minimum atomic E-state index is -0.605. The number of aliphatic hydroxyl groups excluding tert-OH is 1. The van der Waals surface area contributed by atoms with E-state index in [4.69, 9.17) is 15.2 Å². The summed E-state index contributed by atoms with van der Waals surface area (Å²) in [6, 6.07) is 7.18. The predicted octanol–water partition coefficient (Wildman–Crippen LogP) is 3.39. The minimum Gasteiger partial charge on any atom is -0.491 e. The van der Waals surface area contributed by atoms with Gasteiger partial charge in [0.2, 0.25) is 0 Å². The van der Waals surface area contributed by atoms with E-state index >= 15 is 0 Å². The van der Waals surface area contributed by atoms with Gasteiger partial charge >= 0.3 is 0 Å².